The second-order valence-corrected chi connectivity index (χ2v) is 6.22. The summed E-state index contributed by atoms with van der Waals surface area (Å²) >= 11 is 4.37. The molecule has 118 valence electrons. The van der Waals surface area contributed by atoms with E-state index >= 15 is 0 Å². The van der Waals surface area contributed by atoms with Crippen LogP contribution in [0.1, 0.15) is 19.3 Å². The Balaban J connectivity index is 1.85. The van der Waals surface area contributed by atoms with Gasteiger partial charge in [0.2, 0.25) is 0 Å². The first-order valence-corrected chi connectivity index (χ1v) is 8.15. The molecule has 3 aliphatic rings. The van der Waals surface area contributed by atoms with Gasteiger partial charge in [-0.3, -0.25) is 9.98 Å². The summed E-state index contributed by atoms with van der Waals surface area (Å²) in [4.78, 5) is 9.06. The lowest BCUT2D eigenvalue weighted by atomic mass is 9.94. The molecule has 1 aliphatic heterocycles. The van der Waals surface area contributed by atoms with Crippen LogP contribution in [-0.2, 0) is 4.74 Å². The molecule has 0 radical (unpaired) electrons. The summed E-state index contributed by atoms with van der Waals surface area (Å²) in [5, 5.41) is 6.59. The third kappa shape index (κ3) is 4.24. The highest BCUT2D eigenvalue weighted by atomic mass is 32.1. The topological polar surface area (TPSA) is 58.0 Å². The van der Waals surface area contributed by atoms with Gasteiger partial charge in [0.25, 0.3) is 0 Å². The predicted octanol–water partition coefficient (Wildman–Crippen LogP) is 2.01. The van der Waals surface area contributed by atoms with Crippen molar-refractivity contribution in [3.8, 4) is 0 Å². The number of ether oxygens (including phenoxy) is 1. The molecule has 0 saturated heterocycles. The molecule has 0 bridgehead atoms. The van der Waals surface area contributed by atoms with Gasteiger partial charge in [0.1, 0.15) is 5.84 Å². The van der Waals surface area contributed by atoms with Gasteiger partial charge >= 0.3 is 0 Å². The second kappa shape index (κ2) is 7.15. The van der Waals surface area contributed by atoms with Gasteiger partial charge in [-0.25, -0.2) is 0 Å². The number of nitrogens with zero attached hydrogens (tertiary/aromatic N) is 2. The molecular formula is C16H22N4OS. The van der Waals surface area contributed by atoms with Crippen molar-refractivity contribution in [2.24, 2.45) is 15.9 Å². The average Bonchev–Trinajstić information content (AvgIpc) is 3.31. The fraction of sp³-hybridized carbons (Fsp3) is 0.500. The quantitative estimate of drug-likeness (QED) is 0.698. The number of hydrogen-bond donors (Lipinski definition) is 3. The molecule has 6 heteroatoms. The molecule has 3 rings (SSSR count). The largest absolute Gasteiger partial charge is 0.384 e. The van der Waals surface area contributed by atoms with E-state index in [0.29, 0.717) is 12.0 Å². The minimum Gasteiger partial charge on any atom is -0.384 e. The van der Waals surface area contributed by atoms with Crippen LogP contribution in [0.15, 0.2) is 45.7 Å². The van der Waals surface area contributed by atoms with Crippen LogP contribution in [0.4, 0.5) is 0 Å². The number of nitrogens with one attached hydrogen (secondary N) is 2. The lowest BCUT2D eigenvalue weighted by Crippen LogP contribution is -2.30. The van der Waals surface area contributed by atoms with Gasteiger partial charge in [0.15, 0.2) is 5.50 Å². The van der Waals surface area contributed by atoms with Gasteiger partial charge in [-0.05, 0) is 37.1 Å². The van der Waals surface area contributed by atoms with Gasteiger partial charge in [-0.1, -0.05) is 12.2 Å². The fourth-order valence-corrected chi connectivity index (χ4v) is 2.61. The molecule has 1 saturated carbocycles. The lowest BCUT2D eigenvalue weighted by Gasteiger charge is -2.23. The minimum absolute atomic E-state index is 0.265. The van der Waals surface area contributed by atoms with Crippen molar-refractivity contribution < 1.29 is 4.74 Å². The molecule has 0 aromatic rings. The molecule has 0 aromatic carbocycles. The second-order valence-electron chi connectivity index (χ2n) is 5.73. The maximum atomic E-state index is 5.28. The van der Waals surface area contributed by atoms with Crippen LogP contribution in [0.5, 0.6) is 0 Å². The average molecular weight is 318 g/mol. The summed E-state index contributed by atoms with van der Waals surface area (Å²) < 4.78 is 5.28. The van der Waals surface area contributed by atoms with Crippen molar-refractivity contribution >= 4 is 24.7 Å². The molecule has 2 aliphatic carbocycles. The van der Waals surface area contributed by atoms with Gasteiger partial charge in [-0.15, -0.1) is 12.6 Å². The van der Waals surface area contributed by atoms with E-state index < -0.39 is 0 Å². The van der Waals surface area contributed by atoms with Crippen LogP contribution in [0.2, 0.25) is 0 Å². The normalized spacial score (nSPS) is 30.0. The first-order chi connectivity index (χ1) is 10.7. The molecule has 2 N–H and O–H groups in total. The number of hydrogen-bond acceptors (Lipinski definition) is 5. The van der Waals surface area contributed by atoms with Crippen molar-refractivity contribution in [3.63, 3.8) is 0 Å². The third-order valence-corrected chi connectivity index (χ3v) is 4.02. The van der Waals surface area contributed by atoms with E-state index in [-0.39, 0.29) is 5.50 Å². The molecule has 2 atom stereocenters. The Bertz CT molecular complexity index is 560. The Morgan fingerprint density at radius 2 is 2.27 bits per heavy atom. The Morgan fingerprint density at radius 3 is 3.05 bits per heavy atom. The Labute approximate surface area is 136 Å². The summed E-state index contributed by atoms with van der Waals surface area (Å²) in [6, 6.07) is 0.441. The SMILES string of the molecule is COCC1C=CC2=C(C1)NC(=NC1CC1)C=N[C@@H](S)NC=C2. The fourth-order valence-electron chi connectivity index (χ4n) is 2.46. The van der Waals surface area contributed by atoms with Crippen molar-refractivity contribution in [3.05, 3.63) is 35.7 Å². The van der Waals surface area contributed by atoms with E-state index in [1.807, 2.05) is 12.3 Å². The first-order valence-electron chi connectivity index (χ1n) is 7.63. The Kier molecular flexibility index (Phi) is 5.00. The predicted molar refractivity (Wildman–Crippen MR) is 93.3 cm³/mol. The van der Waals surface area contributed by atoms with Crippen LogP contribution in [-0.4, -0.2) is 37.3 Å². The van der Waals surface area contributed by atoms with E-state index in [4.69, 9.17) is 9.73 Å². The zero-order chi connectivity index (χ0) is 15.4. The highest BCUT2D eigenvalue weighted by Gasteiger charge is 2.22. The molecule has 5 nitrogen and oxygen atoms in total. The number of rotatable bonds is 3. The monoisotopic (exact) mass is 318 g/mol. The molecule has 1 fully saturated rings. The number of allylic oxidation sites excluding steroid dienone is 4. The van der Waals surface area contributed by atoms with Gasteiger partial charge in [0, 0.05) is 18.7 Å². The number of methoxy groups -OCH3 is 1. The van der Waals surface area contributed by atoms with Crippen LogP contribution in [0.25, 0.3) is 0 Å². The van der Waals surface area contributed by atoms with Gasteiger partial charge < -0.3 is 15.4 Å². The van der Waals surface area contributed by atoms with Crippen LogP contribution in [0, 0.1) is 5.92 Å². The summed E-state index contributed by atoms with van der Waals surface area (Å²) in [5.74, 6) is 1.20. The Morgan fingerprint density at radius 1 is 1.41 bits per heavy atom. The van der Waals surface area contributed by atoms with Crippen LogP contribution >= 0.6 is 12.6 Å². The van der Waals surface area contributed by atoms with Gasteiger partial charge in [0.05, 0.1) is 18.9 Å². The number of thiol groups is 1. The van der Waals surface area contributed by atoms with Crippen LogP contribution in [0.3, 0.4) is 0 Å². The zero-order valence-electron chi connectivity index (χ0n) is 12.7. The smallest absolute Gasteiger partial charge is 0.163 e. The van der Waals surface area contributed by atoms with Crippen molar-refractivity contribution in [1.82, 2.24) is 10.6 Å². The molecule has 0 spiro atoms. The van der Waals surface area contributed by atoms with E-state index in [1.165, 1.54) is 12.8 Å². The summed E-state index contributed by atoms with van der Waals surface area (Å²) in [5.41, 5.74) is 2.05. The maximum absolute atomic E-state index is 5.28. The lowest BCUT2D eigenvalue weighted by molar-refractivity contribution is 0.169. The minimum atomic E-state index is -0.265. The molecule has 0 amide bonds. The van der Waals surface area contributed by atoms with Crippen LogP contribution < -0.4 is 10.6 Å². The zero-order valence-corrected chi connectivity index (χ0v) is 13.6. The molecular weight excluding hydrogens is 296 g/mol. The highest BCUT2D eigenvalue weighted by Crippen LogP contribution is 2.25. The number of amidine groups is 1. The van der Waals surface area contributed by atoms with Crippen molar-refractivity contribution in [2.75, 3.05) is 13.7 Å². The molecule has 0 aromatic heterocycles. The van der Waals surface area contributed by atoms with E-state index in [2.05, 4.69) is 40.4 Å². The molecule has 1 heterocycles. The van der Waals surface area contributed by atoms with E-state index in [9.17, 15) is 0 Å². The maximum Gasteiger partial charge on any atom is 0.163 e. The number of aliphatic imine (C=N–C) groups is 2. The standard InChI is InChI=1S/C16H22N4OS/c1-21-10-11-2-3-12-6-7-17-16(22)18-9-15(19-13-4-5-13)20-14(12)8-11/h2-3,6-7,9,11,13,16-17,22H,4-5,8,10H2,1H3,(H,19,20)/t11?,16-/m0/s1. The molecule has 22 heavy (non-hydrogen) atoms. The molecule has 1 unspecified atom stereocenters. The van der Waals surface area contributed by atoms with E-state index in [1.54, 1.807) is 13.3 Å². The van der Waals surface area contributed by atoms with Gasteiger partial charge in [-0.2, -0.15) is 0 Å². The Hall–Kier alpha value is -1.53. The van der Waals surface area contributed by atoms with Crippen molar-refractivity contribution in [1.29, 1.82) is 0 Å². The third-order valence-electron chi connectivity index (χ3n) is 3.74. The first kappa shape index (κ1) is 15.4. The highest BCUT2D eigenvalue weighted by molar-refractivity contribution is 7.80. The van der Waals surface area contributed by atoms with Crippen molar-refractivity contribution in [2.45, 2.75) is 30.8 Å². The van der Waals surface area contributed by atoms with E-state index in [0.717, 1.165) is 30.1 Å². The summed E-state index contributed by atoms with van der Waals surface area (Å²) in [6.07, 6.45) is 13.3. The summed E-state index contributed by atoms with van der Waals surface area (Å²) in [6.45, 7) is 0.721. The summed E-state index contributed by atoms with van der Waals surface area (Å²) in [7, 11) is 1.74.